The third-order valence-electron chi connectivity index (χ3n) is 5.30. The molecule has 154 valence electrons. The van der Waals surface area contributed by atoms with Gasteiger partial charge >= 0.3 is 0 Å². The summed E-state index contributed by atoms with van der Waals surface area (Å²) in [7, 11) is 0. The van der Waals surface area contributed by atoms with E-state index < -0.39 is 0 Å². The number of hydrogen-bond acceptors (Lipinski definition) is 5. The largest absolute Gasteiger partial charge is 0.378 e. The van der Waals surface area contributed by atoms with E-state index in [1.54, 1.807) is 12.4 Å². The van der Waals surface area contributed by atoms with Crippen LogP contribution in [0.3, 0.4) is 0 Å². The molecule has 0 bridgehead atoms. The molecule has 3 aromatic rings. The summed E-state index contributed by atoms with van der Waals surface area (Å²) in [5.41, 5.74) is 6.44. The Morgan fingerprint density at radius 3 is 2.60 bits per heavy atom. The van der Waals surface area contributed by atoms with Crippen molar-refractivity contribution < 1.29 is 9.53 Å². The molecule has 0 spiro atoms. The van der Waals surface area contributed by atoms with Gasteiger partial charge in [-0.15, -0.1) is 0 Å². The second-order valence-electron chi connectivity index (χ2n) is 7.45. The zero-order valence-electron chi connectivity index (χ0n) is 17.2. The maximum Gasteiger partial charge on any atom is 0.226 e. The van der Waals surface area contributed by atoms with E-state index >= 15 is 0 Å². The molecule has 0 atom stereocenters. The van der Waals surface area contributed by atoms with Gasteiger partial charge in [0.2, 0.25) is 5.91 Å². The highest BCUT2D eigenvalue weighted by atomic mass is 16.5. The van der Waals surface area contributed by atoms with E-state index in [1.807, 2.05) is 30.5 Å². The Hall–Kier alpha value is -3.25. The number of nitrogens with one attached hydrogen (secondary N) is 1. The van der Waals surface area contributed by atoms with Crippen LogP contribution in [0.15, 0.2) is 61.1 Å². The number of morpholine rings is 1. The number of pyridine rings is 2. The van der Waals surface area contributed by atoms with Gasteiger partial charge in [0.15, 0.2) is 0 Å². The van der Waals surface area contributed by atoms with E-state index in [4.69, 9.17) is 4.74 Å². The lowest BCUT2D eigenvalue weighted by molar-refractivity contribution is -0.120. The number of hydrogen-bond donors (Lipinski definition) is 1. The van der Waals surface area contributed by atoms with Crippen LogP contribution in [-0.4, -0.2) is 42.2 Å². The van der Waals surface area contributed by atoms with Crippen LogP contribution in [0.1, 0.15) is 16.8 Å². The molecule has 4 rings (SSSR count). The molecule has 1 N–H and O–H groups in total. The fourth-order valence-electron chi connectivity index (χ4n) is 3.61. The van der Waals surface area contributed by atoms with Crippen LogP contribution in [-0.2, 0) is 22.5 Å². The van der Waals surface area contributed by atoms with Crippen molar-refractivity contribution in [1.82, 2.24) is 15.3 Å². The first-order chi connectivity index (χ1) is 14.7. The number of aromatic nitrogens is 2. The van der Waals surface area contributed by atoms with Gasteiger partial charge in [-0.3, -0.25) is 14.8 Å². The topological polar surface area (TPSA) is 67.3 Å². The summed E-state index contributed by atoms with van der Waals surface area (Å²) in [5, 5.41) is 2.92. The molecule has 1 fully saturated rings. The third kappa shape index (κ3) is 5.02. The van der Waals surface area contributed by atoms with Crippen molar-refractivity contribution in [3.8, 4) is 11.1 Å². The van der Waals surface area contributed by atoms with Gasteiger partial charge in [0.1, 0.15) is 0 Å². The fraction of sp³-hybridized carbons (Fsp3) is 0.292. The molecule has 30 heavy (non-hydrogen) atoms. The summed E-state index contributed by atoms with van der Waals surface area (Å²) in [6, 6.07) is 14.3. The van der Waals surface area contributed by atoms with Crippen LogP contribution in [0.2, 0.25) is 0 Å². The zero-order valence-corrected chi connectivity index (χ0v) is 17.2. The molecule has 6 heteroatoms. The Kier molecular flexibility index (Phi) is 6.35. The number of rotatable bonds is 6. The Bertz CT molecular complexity index is 984. The molecular weight excluding hydrogens is 376 g/mol. The molecule has 0 aliphatic carbocycles. The minimum atomic E-state index is -0.0434. The van der Waals surface area contributed by atoms with Crippen LogP contribution in [0.5, 0.6) is 0 Å². The summed E-state index contributed by atoms with van der Waals surface area (Å²) in [6.45, 7) is 6.04. The molecule has 1 aromatic carbocycles. The molecule has 0 unspecified atom stereocenters. The first kappa shape index (κ1) is 20.0. The quantitative estimate of drug-likeness (QED) is 0.686. The van der Waals surface area contributed by atoms with Gasteiger partial charge in [-0.25, -0.2) is 0 Å². The highest BCUT2D eigenvalue weighted by Gasteiger charge is 2.13. The first-order valence-electron chi connectivity index (χ1n) is 10.2. The second-order valence-corrected chi connectivity index (χ2v) is 7.45. The number of anilines is 1. The maximum absolute atomic E-state index is 12.2. The third-order valence-corrected chi connectivity index (χ3v) is 5.30. The van der Waals surface area contributed by atoms with Crippen LogP contribution >= 0.6 is 0 Å². The molecule has 1 aliphatic heterocycles. The van der Waals surface area contributed by atoms with E-state index in [0.717, 1.165) is 48.7 Å². The second kappa shape index (κ2) is 9.50. The molecule has 0 saturated carbocycles. The van der Waals surface area contributed by atoms with E-state index in [1.165, 1.54) is 11.3 Å². The summed E-state index contributed by atoms with van der Waals surface area (Å²) >= 11 is 0. The van der Waals surface area contributed by atoms with Crippen LogP contribution in [0, 0.1) is 6.92 Å². The van der Waals surface area contributed by atoms with E-state index in [0.29, 0.717) is 6.54 Å². The molecule has 1 saturated heterocycles. The van der Waals surface area contributed by atoms with Gasteiger partial charge in [0.25, 0.3) is 0 Å². The molecule has 0 radical (unpaired) electrons. The number of ether oxygens (including phenoxy) is 1. The predicted molar refractivity (Wildman–Crippen MR) is 117 cm³/mol. The lowest BCUT2D eigenvalue weighted by atomic mass is 10.0. The molecule has 1 amide bonds. The van der Waals surface area contributed by atoms with Crippen molar-refractivity contribution >= 4 is 11.6 Å². The summed E-state index contributed by atoms with van der Waals surface area (Å²) in [4.78, 5) is 23.0. The molecule has 1 aliphatic rings. The normalized spacial score (nSPS) is 13.8. The Labute approximate surface area is 176 Å². The SMILES string of the molecule is Cc1cc(N2CCOCC2)ccc1-c1ccc(CC(=O)NCc2ccncc2)nc1. The monoisotopic (exact) mass is 402 g/mol. The Balaban J connectivity index is 1.37. The predicted octanol–water partition coefficient (Wildman–Crippen LogP) is 3.15. The average molecular weight is 402 g/mol. The minimum absolute atomic E-state index is 0.0434. The lowest BCUT2D eigenvalue weighted by Gasteiger charge is -2.29. The van der Waals surface area contributed by atoms with Crippen LogP contribution in [0.4, 0.5) is 5.69 Å². The van der Waals surface area contributed by atoms with Crippen molar-refractivity contribution in [2.75, 3.05) is 31.2 Å². The zero-order chi connectivity index (χ0) is 20.8. The fourth-order valence-corrected chi connectivity index (χ4v) is 3.61. The van der Waals surface area contributed by atoms with Gasteiger partial charge in [-0.1, -0.05) is 12.1 Å². The molecular formula is C24H26N4O2. The summed E-state index contributed by atoms with van der Waals surface area (Å²) in [6.07, 6.45) is 5.55. The van der Waals surface area contributed by atoms with E-state index in [2.05, 4.69) is 45.3 Å². The standard InChI is InChI=1S/C24H26N4O2/c1-18-14-22(28-10-12-30-13-11-28)4-5-23(18)20-2-3-21(26-17-20)15-24(29)27-16-19-6-8-25-9-7-19/h2-9,14,17H,10-13,15-16H2,1H3,(H,27,29). The number of carbonyl (C=O) groups excluding carboxylic acids is 1. The van der Waals surface area contributed by atoms with Crippen molar-refractivity contribution in [1.29, 1.82) is 0 Å². The van der Waals surface area contributed by atoms with Crippen LogP contribution < -0.4 is 10.2 Å². The Morgan fingerprint density at radius 2 is 1.90 bits per heavy atom. The maximum atomic E-state index is 12.2. The van der Waals surface area contributed by atoms with Gasteiger partial charge in [-0.2, -0.15) is 0 Å². The van der Waals surface area contributed by atoms with Gasteiger partial charge in [0, 0.05) is 55.2 Å². The van der Waals surface area contributed by atoms with Crippen LogP contribution in [0.25, 0.3) is 11.1 Å². The van der Waals surface area contributed by atoms with E-state index in [-0.39, 0.29) is 12.3 Å². The number of nitrogens with zero attached hydrogens (tertiary/aromatic N) is 3. The van der Waals surface area contributed by atoms with Crippen molar-refractivity contribution in [2.45, 2.75) is 19.9 Å². The van der Waals surface area contributed by atoms with Crippen molar-refractivity contribution in [2.24, 2.45) is 0 Å². The first-order valence-corrected chi connectivity index (χ1v) is 10.2. The summed E-state index contributed by atoms with van der Waals surface area (Å²) < 4.78 is 5.44. The number of aryl methyl sites for hydroxylation is 1. The van der Waals surface area contributed by atoms with Gasteiger partial charge < -0.3 is 15.0 Å². The number of amides is 1. The Morgan fingerprint density at radius 1 is 1.10 bits per heavy atom. The molecule has 3 heterocycles. The summed E-state index contributed by atoms with van der Waals surface area (Å²) in [5.74, 6) is -0.0434. The van der Waals surface area contributed by atoms with Gasteiger partial charge in [0.05, 0.1) is 19.6 Å². The van der Waals surface area contributed by atoms with Gasteiger partial charge in [-0.05, 0) is 53.9 Å². The highest BCUT2D eigenvalue weighted by Crippen LogP contribution is 2.27. The number of carbonyl (C=O) groups is 1. The molecule has 2 aromatic heterocycles. The smallest absolute Gasteiger partial charge is 0.226 e. The van der Waals surface area contributed by atoms with Crippen molar-refractivity contribution in [3.63, 3.8) is 0 Å². The highest BCUT2D eigenvalue weighted by molar-refractivity contribution is 5.78. The van der Waals surface area contributed by atoms with Crippen molar-refractivity contribution in [3.05, 3.63) is 77.9 Å². The minimum Gasteiger partial charge on any atom is -0.378 e. The molecule has 6 nitrogen and oxygen atoms in total. The average Bonchev–Trinajstić information content (AvgIpc) is 2.80. The number of benzene rings is 1. The lowest BCUT2D eigenvalue weighted by Crippen LogP contribution is -2.36. The van der Waals surface area contributed by atoms with E-state index in [9.17, 15) is 4.79 Å².